The van der Waals surface area contributed by atoms with Crippen molar-refractivity contribution in [3.05, 3.63) is 40.4 Å². The molecular weight excluding hydrogens is 200 g/mol. The molecule has 0 aliphatic carbocycles. The topological polar surface area (TPSA) is 0 Å². The van der Waals surface area contributed by atoms with E-state index >= 15 is 0 Å². The van der Waals surface area contributed by atoms with E-state index in [-0.39, 0.29) is 0 Å². The Labute approximate surface area is 76.1 Å². The van der Waals surface area contributed by atoms with Crippen molar-refractivity contribution < 1.29 is 0 Å². The Morgan fingerprint density at radius 2 is 2.27 bits per heavy atom. The average Bonchev–Trinajstić information content (AvgIpc) is 2.04. The number of aryl methyl sites for hydroxylation is 1. The van der Waals surface area contributed by atoms with E-state index in [1.54, 1.807) is 0 Å². The summed E-state index contributed by atoms with van der Waals surface area (Å²) in [7, 11) is 0. The van der Waals surface area contributed by atoms with E-state index in [0.29, 0.717) is 0 Å². The third-order valence-corrected chi connectivity index (χ3v) is 2.43. The van der Waals surface area contributed by atoms with E-state index in [2.05, 4.69) is 47.6 Å². The Hall–Kier alpha value is -0.560. The summed E-state index contributed by atoms with van der Waals surface area (Å²) in [5, 5.41) is 0. The largest absolute Gasteiger partial charge is 0.0985 e. The maximum atomic E-state index is 3.71. The summed E-state index contributed by atoms with van der Waals surface area (Å²) in [6.07, 6.45) is 2.92. The molecule has 0 saturated heterocycles. The van der Waals surface area contributed by atoms with Gasteiger partial charge in [-0.05, 0) is 23.6 Å². The Bertz CT molecular complexity index is 264. The molecule has 0 aromatic heterocycles. The Morgan fingerprint density at radius 3 is 2.73 bits per heavy atom. The van der Waals surface area contributed by atoms with Gasteiger partial charge in [0, 0.05) is 4.47 Å². The second-order valence-corrected chi connectivity index (χ2v) is 3.26. The van der Waals surface area contributed by atoms with Gasteiger partial charge >= 0.3 is 0 Å². The van der Waals surface area contributed by atoms with Crippen LogP contribution < -0.4 is 0 Å². The first-order valence-corrected chi connectivity index (χ1v) is 4.48. The van der Waals surface area contributed by atoms with Crippen molar-refractivity contribution in [1.29, 1.82) is 0 Å². The minimum atomic E-state index is 1.07. The lowest BCUT2D eigenvalue weighted by molar-refractivity contribution is 1.13. The molecule has 1 rings (SSSR count). The fraction of sp³-hybridized carbons (Fsp3) is 0.200. The molecule has 0 heterocycles. The van der Waals surface area contributed by atoms with Gasteiger partial charge < -0.3 is 0 Å². The van der Waals surface area contributed by atoms with Gasteiger partial charge in [0.05, 0.1) is 0 Å². The highest BCUT2D eigenvalue weighted by Crippen LogP contribution is 2.19. The Morgan fingerprint density at radius 1 is 1.55 bits per heavy atom. The molecule has 0 atom stereocenters. The van der Waals surface area contributed by atoms with Crippen LogP contribution in [-0.4, -0.2) is 0 Å². The first-order chi connectivity index (χ1) is 5.27. The molecule has 0 aliphatic heterocycles. The molecule has 0 unspecified atom stereocenters. The number of hydrogen-bond donors (Lipinski definition) is 0. The summed E-state index contributed by atoms with van der Waals surface area (Å²) in [5.74, 6) is 0. The number of halogens is 1. The molecule has 11 heavy (non-hydrogen) atoms. The first-order valence-electron chi connectivity index (χ1n) is 3.68. The third kappa shape index (κ3) is 1.93. The van der Waals surface area contributed by atoms with Crippen LogP contribution in [0.25, 0.3) is 6.08 Å². The van der Waals surface area contributed by atoms with Crippen molar-refractivity contribution in [2.24, 2.45) is 0 Å². The van der Waals surface area contributed by atoms with Gasteiger partial charge in [-0.1, -0.05) is 47.6 Å². The van der Waals surface area contributed by atoms with Gasteiger partial charge in [0.2, 0.25) is 0 Å². The van der Waals surface area contributed by atoms with Crippen molar-refractivity contribution in [2.75, 3.05) is 0 Å². The van der Waals surface area contributed by atoms with Gasteiger partial charge in [-0.3, -0.25) is 0 Å². The fourth-order valence-electron chi connectivity index (χ4n) is 0.977. The Kier molecular flexibility index (Phi) is 2.89. The molecule has 1 aromatic carbocycles. The summed E-state index contributed by atoms with van der Waals surface area (Å²) in [6, 6.07) is 6.30. The van der Waals surface area contributed by atoms with Crippen LogP contribution >= 0.6 is 15.9 Å². The molecule has 0 fully saturated rings. The molecule has 0 saturated carbocycles. The van der Waals surface area contributed by atoms with E-state index in [1.807, 2.05) is 6.08 Å². The number of rotatable bonds is 2. The zero-order chi connectivity index (χ0) is 8.27. The highest BCUT2D eigenvalue weighted by molar-refractivity contribution is 9.10. The average molecular weight is 211 g/mol. The molecule has 0 spiro atoms. The smallest absolute Gasteiger partial charge is 0.0213 e. The van der Waals surface area contributed by atoms with Gasteiger partial charge in [-0.2, -0.15) is 0 Å². The molecule has 1 heteroatoms. The molecule has 0 aliphatic rings. The van der Waals surface area contributed by atoms with E-state index < -0.39 is 0 Å². The van der Waals surface area contributed by atoms with Crippen LogP contribution in [0.3, 0.4) is 0 Å². The minimum absolute atomic E-state index is 1.07. The third-order valence-electron chi connectivity index (χ3n) is 1.69. The second-order valence-electron chi connectivity index (χ2n) is 2.41. The lowest BCUT2D eigenvalue weighted by Crippen LogP contribution is -1.82. The summed E-state index contributed by atoms with van der Waals surface area (Å²) in [6.45, 7) is 5.85. The van der Waals surface area contributed by atoms with Crippen molar-refractivity contribution in [3.63, 3.8) is 0 Å². The number of benzene rings is 1. The maximum absolute atomic E-state index is 3.71. The lowest BCUT2D eigenvalue weighted by Gasteiger charge is -2.01. The van der Waals surface area contributed by atoms with Crippen LogP contribution in [0, 0.1) is 0 Å². The summed E-state index contributed by atoms with van der Waals surface area (Å²) >= 11 is 3.50. The quantitative estimate of drug-likeness (QED) is 0.700. The number of hydrogen-bond acceptors (Lipinski definition) is 0. The fourth-order valence-corrected chi connectivity index (χ4v) is 1.65. The van der Waals surface area contributed by atoms with E-state index in [0.717, 1.165) is 12.0 Å². The summed E-state index contributed by atoms with van der Waals surface area (Å²) < 4.78 is 1.18. The molecular formula is C10H11Br. The predicted molar refractivity (Wildman–Crippen MR) is 53.6 cm³/mol. The normalized spacial score (nSPS) is 9.64. The van der Waals surface area contributed by atoms with Crippen LogP contribution in [-0.2, 0) is 6.42 Å². The van der Waals surface area contributed by atoms with Gasteiger partial charge in [0.25, 0.3) is 0 Å². The molecule has 1 aromatic rings. The lowest BCUT2D eigenvalue weighted by atomic mass is 10.1. The van der Waals surface area contributed by atoms with Crippen LogP contribution in [0.5, 0.6) is 0 Å². The van der Waals surface area contributed by atoms with Crippen LogP contribution in [0.4, 0.5) is 0 Å². The molecule has 0 bridgehead atoms. The van der Waals surface area contributed by atoms with Crippen LogP contribution in [0.15, 0.2) is 29.3 Å². The highest BCUT2D eigenvalue weighted by Gasteiger charge is 1.95. The SMILES string of the molecule is C=Cc1ccc(CC)c(Br)c1. The standard InChI is InChI=1S/C10H11Br/c1-3-8-5-6-9(4-2)10(11)7-8/h3,5-7H,1,4H2,2H3. The minimum Gasteiger partial charge on any atom is -0.0985 e. The van der Waals surface area contributed by atoms with E-state index in [9.17, 15) is 0 Å². The van der Waals surface area contributed by atoms with Crippen molar-refractivity contribution >= 4 is 22.0 Å². The van der Waals surface area contributed by atoms with E-state index in [4.69, 9.17) is 0 Å². The van der Waals surface area contributed by atoms with Gasteiger partial charge in [0.1, 0.15) is 0 Å². The van der Waals surface area contributed by atoms with Gasteiger partial charge in [0.15, 0.2) is 0 Å². The first kappa shape index (κ1) is 8.54. The summed E-state index contributed by atoms with van der Waals surface area (Å²) in [5.41, 5.74) is 2.50. The van der Waals surface area contributed by atoms with Crippen LogP contribution in [0.1, 0.15) is 18.1 Å². The predicted octanol–water partition coefficient (Wildman–Crippen LogP) is 3.65. The van der Waals surface area contributed by atoms with Crippen molar-refractivity contribution in [2.45, 2.75) is 13.3 Å². The van der Waals surface area contributed by atoms with E-state index in [1.165, 1.54) is 10.0 Å². The monoisotopic (exact) mass is 210 g/mol. The van der Waals surface area contributed by atoms with Crippen LogP contribution in [0.2, 0.25) is 0 Å². The highest BCUT2D eigenvalue weighted by atomic mass is 79.9. The molecule has 0 radical (unpaired) electrons. The second kappa shape index (κ2) is 3.72. The molecule has 0 amide bonds. The molecule has 0 nitrogen and oxygen atoms in total. The van der Waals surface area contributed by atoms with Gasteiger partial charge in [-0.25, -0.2) is 0 Å². The maximum Gasteiger partial charge on any atom is 0.0213 e. The molecule has 0 N–H and O–H groups in total. The zero-order valence-corrected chi connectivity index (χ0v) is 8.19. The molecule has 58 valence electrons. The zero-order valence-electron chi connectivity index (χ0n) is 6.60. The summed E-state index contributed by atoms with van der Waals surface area (Å²) in [4.78, 5) is 0. The van der Waals surface area contributed by atoms with Gasteiger partial charge in [-0.15, -0.1) is 0 Å². The van der Waals surface area contributed by atoms with Crippen molar-refractivity contribution in [1.82, 2.24) is 0 Å². The Balaban J connectivity index is 3.09. The van der Waals surface area contributed by atoms with Crippen molar-refractivity contribution in [3.8, 4) is 0 Å².